The van der Waals surface area contributed by atoms with Gasteiger partial charge in [0.1, 0.15) is 17.3 Å². The van der Waals surface area contributed by atoms with Gasteiger partial charge in [0.25, 0.3) is 0 Å². The number of hydrogen-bond donors (Lipinski definition) is 0. The highest BCUT2D eigenvalue weighted by molar-refractivity contribution is 9.10. The first-order chi connectivity index (χ1) is 9.52. The fourth-order valence-electron chi connectivity index (χ4n) is 1.76. The van der Waals surface area contributed by atoms with Gasteiger partial charge in [-0.25, -0.2) is 8.78 Å². The number of rotatable bonds is 5. The molecule has 0 amide bonds. The summed E-state index contributed by atoms with van der Waals surface area (Å²) in [5, 5.41) is 4.03. The van der Waals surface area contributed by atoms with Crippen LogP contribution < -0.4 is 0 Å². The number of benzene rings is 1. The van der Waals surface area contributed by atoms with Crippen LogP contribution in [-0.2, 0) is 11.3 Å². The summed E-state index contributed by atoms with van der Waals surface area (Å²) in [7, 11) is 1.53. The van der Waals surface area contributed by atoms with E-state index in [9.17, 15) is 13.6 Å². The third-order valence-electron chi connectivity index (χ3n) is 2.64. The van der Waals surface area contributed by atoms with Gasteiger partial charge in [-0.3, -0.25) is 9.48 Å². The Labute approximate surface area is 122 Å². The van der Waals surface area contributed by atoms with Gasteiger partial charge in [-0.15, -0.1) is 0 Å². The Morgan fingerprint density at radius 2 is 2.00 bits per heavy atom. The van der Waals surface area contributed by atoms with Crippen molar-refractivity contribution in [2.75, 3.05) is 13.7 Å². The first-order valence-electron chi connectivity index (χ1n) is 5.74. The number of ketones is 1. The van der Waals surface area contributed by atoms with E-state index in [0.717, 1.165) is 12.1 Å². The zero-order valence-electron chi connectivity index (χ0n) is 10.6. The molecule has 0 radical (unpaired) electrons. The topological polar surface area (TPSA) is 44.1 Å². The molecule has 0 bridgehead atoms. The van der Waals surface area contributed by atoms with Gasteiger partial charge in [0.15, 0.2) is 0 Å². The number of ether oxygens (including phenoxy) is 1. The highest BCUT2D eigenvalue weighted by Crippen LogP contribution is 2.21. The third-order valence-corrected chi connectivity index (χ3v) is 3.22. The summed E-state index contributed by atoms with van der Waals surface area (Å²) in [6, 6.07) is 2.70. The maximum absolute atomic E-state index is 13.2. The summed E-state index contributed by atoms with van der Waals surface area (Å²) in [5.41, 5.74) is 0.161. The Balaban J connectivity index is 2.39. The van der Waals surface area contributed by atoms with Crippen LogP contribution in [0.25, 0.3) is 0 Å². The summed E-state index contributed by atoms with van der Waals surface area (Å²) in [6.07, 6.45) is 1.46. The Morgan fingerprint density at radius 1 is 1.35 bits per heavy atom. The number of halogens is 3. The Kier molecular flexibility index (Phi) is 4.61. The highest BCUT2D eigenvalue weighted by Gasteiger charge is 2.20. The molecule has 20 heavy (non-hydrogen) atoms. The lowest BCUT2D eigenvalue weighted by atomic mass is 10.1. The summed E-state index contributed by atoms with van der Waals surface area (Å²) < 4.78 is 33.2. The van der Waals surface area contributed by atoms with Crippen LogP contribution in [0.2, 0.25) is 0 Å². The molecule has 0 aliphatic heterocycles. The van der Waals surface area contributed by atoms with E-state index in [2.05, 4.69) is 21.0 Å². The molecule has 1 heterocycles. The largest absolute Gasteiger partial charge is 0.383 e. The molecule has 0 N–H and O–H groups in total. The van der Waals surface area contributed by atoms with E-state index in [0.29, 0.717) is 23.7 Å². The standard InChI is InChI=1S/C13H11BrF2N2O2/c1-20-3-2-18-12(11(14)7-17-18)13(19)8-4-9(15)6-10(16)5-8/h4-7H,2-3H2,1H3. The molecule has 0 aliphatic carbocycles. The van der Waals surface area contributed by atoms with E-state index in [1.807, 2.05) is 0 Å². The molecule has 0 aliphatic rings. The van der Waals surface area contributed by atoms with Crippen LogP contribution >= 0.6 is 15.9 Å². The van der Waals surface area contributed by atoms with Crippen LogP contribution in [0.1, 0.15) is 16.1 Å². The molecule has 2 rings (SSSR count). The van der Waals surface area contributed by atoms with Crippen molar-refractivity contribution in [3.8, 4) is 0 Å². The van der Waals surface area contributed by atoms with Crippen LogP contribution in [0.5, 0.6) is 0 Å². The van der Waals surface area contributed by atoms with E-state index in [1.54, 1.807) is 0 Å². The average Bonchev–Trinajstić information content (AvgIpc) is 2.75. The molecule has 7 heteroatoms. The van der Waals surface area contributed by atoms with Crippen LogP contribution in [-0.4, -0.2) is 29.3 Å². The van der Waals surface area contributed by atoms with E-state index >= 15 is 0 Å². The second kappa shape index (κ2) is 6.23. The molecule has 1 aromatic heterocycles. The number of nitrogens with zero attached hydrogens (tertiary/aromatic N) is 2. The SMILES string of the molecule is COCCn1ncc(Br)c1C(=O)c1cc(F)cc(F)c1. The van der Waals surface area contributed by atoms with E-state index in [-0.39, 0.29) is 11.3 Å². The first-order valence-corrected chi connectivity index (χ1v) is 6.53. The minimum Gasteiger partial charge on any atom is -0.383 e. The van der Waals surface area contributed by atoms with Gasteiger partial charge in [0, 0.05) is 18.7 Å². The molecule has 2 aromatic rings. The molecule has 0 unspecified atom stereocenters. The van der Waals surface area contributed by atoms with E-state index < -0.39 is 17.4 Å². The molecule has 0 saturated carbocycles. The summed E-state index contributed by atoms with van der Waals surface area (Å²) in [5.74, 6) is -2.11. The van der Waals surface area contributed by atoms with Crippen LogP contribution in [0, 0.1) is 11.6 Å². The Morgan fingerprint density at radius 3 is 2.60 bits per heavy atom. The number of aromatic nitrogens is 2. The number of carbonyl (C=O) groups excluding carboxylic acids is 1. The van der Waals surface area contributed by atoms with Crippen LogP contribution in [0.4, 0.5) is 8.78 Å². The minimum atomic E-state index is -0.799. The second-order valence-electron chi connectivity index (χ2n) is 4.04. The van der Waals surface area contributed by atoms with Gasteiger partial charge in [-0.2, -0.15) is 5.10 Å². The van der Waals surface area contributed by atoms with Crippen molar-refractivity contribution >= 4 is 21.7 Å². The molecule has 0 fully saturated rings. The molecular weight excluding hydrogens is 334 g/mol. The maximum atomic E-state index is 13.2. The van der Waals surface area contributed by atoms with Gasteiger partial charge < -0.3 is 4.74 Å². The highest BCUT2D eigenvalue weighted by atomic mass is 79.9. The van der Waals surface area contributed by atoms with Crippen molar-refractivity contribution in [3.63, 3.8) is 0 Å². The third kappa shape index (κ3) is 3.10. The predicted octanol–water partition coefficient (Wildman–Crippen LogP) is 2.80. The number of methoxy groups -OCH3 is 1. The second-order valence-corrected chi connectivity index (χ2v) is 4.90. The summed E-state index contributed by atoms with van der Waals surface area (Å²) in [4.78, 5) is 12.4. The normalized spacial score (nSPS) is 10.8. The van der Waals surface area contributed by atoms with Crippen molar-refractivity contribution in [2.45, 2.75) is 6.54 Å². The zero-order chi connectivity index (χ0) is 14.7. The van der Waals surface area contributed by atoms with Gasteiger partial charge in [-0.1, -0.05) is 0 Å². The average molecular weight is 345 g/mol. The molecular formula is C13H11BrF2N2O2. The first kappa shape index (κ1) is 14.8. The Hall–Kier alpha value is -1.60. The number of carbonyl (C=O) groups is 1. The smallest absolute Gasteiger partial charge is 0.212 e. The van der Waals surface area contributed by atoms with Crippen LogP contribution in [0.3, 0.4) is 0 Å². The molecule has 0 atom stereocenters. The molecule has 106 valence electrons. The summed E-state index contributed by atoms with van der Waals surface area (Å²) >= 11 is 3.21. The predicted molar refractivity (Wildman–Crippen MR) is 71.6 cm³/mol. The fraction of sp³-hybridized carbons (Fsp3) is 0.231. The molecule has 0 saturated heterocycles. The van der Waals surface area contributed by atoms with Crippen molar-refractivity contribution in [1.82, 2.24) is 9.78 Å². The monoisotopic (exact) mass is 344 g/mol. The Bertz CT molecular complexity index is 623. The van der Waals surface area contributed by atoms with Gasteiger partial charge in [-0.05, 0) is 28.1 Å². The lowest BCUT2D eigenvalue weighted by molar-refractivity contribution is 0.102. The quantitative estimate of drug-likeness (QED) is 0.783. The lowest BCUT2D eigenvalue weighted by Gasteiger charge is -2.07. The van der Waals surface area contributed by atoms with Gasteiger partial charge in [0.05, 0.1) is 23.8 Å². The number of hydrogen-bond acceptors (Lipinski definition) is 3. The lowest BCUT2D eigenvalue weighted by Crippen LogP contribution is -2.15. The van der Waals surface area contributed by atoms with Gasteiger partial charge >= 0.3 is 0 Å². The van der Waals surface area contributed by atoms with Crippen molar-refractivity contribution < 1.29 is 18.3 Å². The van der Waals surface area contributed by atoms with Crippen molar-refractivity contribution in [1.29, 1.82) is 0 Å². The van der Waals surface area contributed by atoms with Crippen LogP contribution in [0.15, 0.2) is 28.9 Å². The van der Waals surface area contributed by atoms with E-state index in [4.69, 9.17) is 4.74 Å². The fourth-order valence-corrected chi connectivity index (χ4v) is 2.23. The van der Waals surface area contributed by atoms with Crippen molar-refractivity contribution in [3.05, 3.63) is 51.8 Å². The molecule has 1 aromatic carbocycles. The van der Waals surface area contributed by atoms with E-state index in [1.165, 1.54) is 18.0 Å². The summed E-state index contributed by atoms with van der Waals surface area (Å²) in [6.45, 7) is 0.729. The van der Waals surface area contributed by atoms with Crippen molar-refractivity contribution in [2.24, 2.45) is 0 Å². The molecule has 4 nitrogen and oxygen atoms in total. The minimum absolute atomic E-state index is 0.0673. The van der Waals surface area contributed by atoms with Gasteiger partial charge in [0.2, 0.25) is 5.78 Å². The maximum Gasteiger partial charge on any atom is 0.212 e. The zero-order valence-corrected chi connectivity index (χ0v) is 12.2. The molecule has 0 spiro atoms.